The molecule has 0 N–H and O–H groups in total. The third-order valence-corrected chi connectivity index (χ3v) is 3.49. The Morgan fingerprint density at radius 2 is 1.47 bits per heavy atom. The average molecular weight is 256 g/mol. The van der Waals surface area contributed by atoms with Crippen molar-refractivity contribution in [2.75, 3.05) is 14.2 Å². The molecule has 2 aromatic rings. The second kappa shape index (κ2) is 5.45. The molecule has 100 valence electrons. The van der Waals surface area contributed by atoms with Crippen LogP contribution in [0.1, 0.15) is 19.4 Å². The summed E-state index contributed by atoms with van der Waals surface area (Å²) in [5.41, 5.74) is 3.23. The molecule has 2 aromatic carbocycles. The summed E-state index contributed by atoms with van der Waals surface area (Å²) in [5.74, 6) is 0.868. The maximum atomic E-state index is 5.61. The molecule has 0 aliphatic heterocycles. The van der Waals surface area contributed by atoms with Crippen molar-refractivity contribution in [2.24, 2.45) is 0 Å². The normalized spacial score (nSPS) is 11.4. The average Bonchev–Trinajstić information content (AvgIpc) is 2.47. The molecule has 0 radical (unpaired) electrons. The quantitative estimate of drug-likeness (QED) is 0.814. The monoisotopic (exact) mass is 256 g/mol. The molecule has 0 spiro atoms. The fraction of sp³-hybridized carbons (Fsp3) is 0.294. The van der Waals surface area contributed by atoms with Crippen LogP contribution in [0.4, 0.5) is 0 Å². The van der Waals surface area contributed by atoms with Crippen molar-refractivity contribution in [3.8, 4) is 16.9 Å². The van der Waals surface area contributed by atoms with Crippen LogP contribution in [0.5, 0.6) is 5.75 Å². The molecule has 0 aliphatic rings. The van der Waals surface area contributed by atoms with Crippen molar-refractivity contribution in [1.82, 2.24) is 0 Å². The lowest BCUT2D eigenvalue weighted by Gasteiger charge is -2.26. The van der Waals surface area contributed by atoms with E-state index in [0.717, 1.165) is 5.75 Å². The van der Waals surface area contributed by atoms with Crippen LogP contribution >= 0.6 is 0 Å². The summed E-state index contributed by atoms with van der Waals surface area (Å²) in [4.78, 5) is 0. The zero-order chi connectivity index (χ0) is 13.9. The van der Waals surface area contributed by atoms with E-state index >= 15 is 0 Å². The van der Waals surface area contributed by atoms with Crippen LogP contribution in [0.25, 0.3) is 11.1 Å². The Labute approximate surface area is 115 Å². The largest absolute Gasteiger partial charge is 0.497 e. The summed E-state index contributed by atoms with van der Waals surface area (Å²) in [5, 5.41) is 0. The maximum absolute atomic E-state index is 5.61. The molecule has 0 atom stereocenters. The molecular weight excluding hydrogens is 236 g/mol. The molecule has 0 heterocycles. The number of rotatable bonds is 4. The molecule has 0 saturated heterocycles. The van der Waals surface area contributed by atoms with Crippen LogP contribution in [0.15, 0.2) is 48.5 Å². The minimum atomic E-state index is -0.309. The van der Waals surface area contributed by atoms with Crippen LogP contribution in [0, 0.1) is 0 Å². The maximum Gasteiger partial charge on any atom is 0.118 e. The van der Waals surface area contributed by atoms with Crippen molar-refractivity contribution >= 4 is 0 Å². The minimum Gasteiger partial charge on any atom is -0.497 e. The van der Waals surface area contributed by atoms with E-state index < -0.39 is 0 Å². The van der Waals surface area contributed by atoms with Gasteiger partial charge >= 0.3 is 0 Å². The number of hydrogen-bond donors (Lipinski definition) is 0. The van der Waals surface area contributed by atoms with Crippen molar-refractivity contribution in [3.05, 3.63) is 54.1 Å². The molecule has 0 bridgehead atoms. The molecule has 0 fully saturated rings. The zero-order valence-corrected chi connectivity index (χ0v) is 11.9. The van der Waals surface area contributed by atoms with Gasteiger partial charge in [0.15, 0.2) is 0 Å². The molecule has 0 aliphatic carbocycles. The van der Waals surface area contributed by atoms with Crippen LogP contribution in [0.3, 0.4) is 0 Å². The van der Waals surface area contributed by atoms with Gasteiger partial charge in [0.2, 0.25) is 0 Å². The van der Waals surface area contributed by atoms with Crippen LogP contribution in [-0.4, -0.2) is 14.2 Å². The van der Waals surface area contributed by atoms with Crippen LogP contribution in [-0.2, 0) is 10.3 Å². The van der Waals surface area contributed by atoms with E-state index in [-0.39, 0.29) is 5.60 Å². The first-order chi connectivity index (χ1) is 9.08. The minimum absolute atomic E-state index is 0.309. The summed E-state index contributed by atoms with van der Waals surface area (Å²) >= 11 is 0. The molecule has 2 nitrogen and oxygen atoms in total. The molecule has 2 rings (SSSR count). The SMILES string of the molecule is COc1ccc(-c2ccccc2C(C)(C)OC)cc1. The van der Waals surface area contributed by atoms with Gasteiger partial charge in [-0.05, 0) is 42.7 Å². The molecule has 0 unspecified atom stereocenters. The van der Waals surface area contributed by atoms with Crippen LogP contribution < -0.4 is 4.74 Å². The van der Waals surface area contributed by atoms with Crippen molar-refractivity contribution in [3.63, 3.8) is 0 Å². The lowest BCUT2D eigenvalue weighted by atomic mass is 9.89. The molecule has 19 heavy (non-hydrogen) atoms. The molecular formula is C17H20O2. The van der Waals surface area contributed by atoms with Crippen LogP contribution in [0.2, 0.25) is 0 Å². The van der Waals surface area contributed by atoms with Gasteiger partial charge in [-0.3, -0.25) is 0 Å². The van der Waals surface area contributed by atoms with Gasteiger partial charge in [-0.15, -0.1) is 0 Å². The Hall–Kier alpha value is -1.80. The second-order valence-electron chi connectivity index (χ2n) is 4.99. The fourth-order valence-corrected chi connectivity index (χ4v) is 2.14. The Morgan fingerprint density at radius 3 is 2.05 bits per heavy atom. The summed E-state index contributed by atoms with van der Waals surface area (Å²) in [6, 6.07) is 16.4. The lowest BCUT2D eigenvalue weighted by Crippen LogP contribution is -2.20. The fourth-order valence-electron chi connectivity index (χ4n) is 2.14. The van der Waals surface area contributed by atoms with E-state index in [1.165, 1.54) is 16.7 Å². The zero-order valence-electron chi connectivity index (χ0n) is 11.9. The summed E-state index contributed by atoms with van der Waals surface area (Å²) in [7, 11) is 3.42. The van der Waals surface area contributed by atoms with E-state index in [4.69, 9.17) is 9.47 Å². The predicted molar refractivity (Wildman–Crippen MR) is 78.5 cm³/mol. The van der Waals surface area contributed by atoms with Gasteiger partial charge < -0.3 is 9.47 Å². The Morgan fingerprint density at radius 1 is 0.842 bits per heavy atom. The van der Waals surface area contributed by atoms with E-state index in [2.05, 4.69) is 44.2 Å². The second-order valence-corrected chi connectivity index (χ2v) is 4.99. The number of ether oxygens (including phenoxy) is 2. The Bertz CT molecular complexity index is 541. The predicted octanol–water partition coefficient (Wildman–Crippen LogP) is 4.24. The summed E-state index contributed by atoms with van der Waals surface area (Å²) in [6.07, 6.45) is 0. The van der Waals surface area contributed by atoms with Gasteiger partial charge in [-0.25, -0.2) is 0 Å². The van der Waals surface area contributed by atoms with Gasteiger partial charge in [0.25, 0.3) is 0 Å². The van der Waals surface area contributed by atoms with Gasteiger partial charge in [0.05, 0.1) is 12.7 Å². The number of methoxy groups -OCH3 is 2. The number of hydrogen-bond acceptors (Lipinski definition) is 2. The molecule has 2 heteroatoms. The van der Waals surface area contributed by atoms with E-state index in [9.17, 15) is 0 Å². The summed E-state index contributed by atoms with van der Waals surface area (Å²) in [6.45, 7) is 4.16. The van der Waals surface area contributed by atoms with Gasteiger partial charge in [-0.2, -0.15) is 0 Å². The first kappa shape index (κ1) is 13.6. The lowest BCUT2D eigenvalue weighted by molar-refractivity contribution is 0.0197. The van der Waals surface area contributed by atoms with Gasteiger partial charge in [0.1, 0.15) is 5.75 Å². The first-order valence-electron chi connectivity index (χ1n) is 6.37. The highest BCUT2D eigenvalue weighted by Crippen LogP contribution is 2.34. The third kappa shape index (κ3) is 2.79. The van der Waals surface area contributed by atoms with Crippen molar-refractivity contribution < 1.29 is 9.47 Å². The summed E-state index contributed by atoms with van der Waals surface area (Å²) < 4.78 is 10.8. The van der Waals surface area contributed by atoms with E-state index in [0.29, 0.717) is 0 Å². The van der Waals surface area contributed by atoms with Crippen molar-refractivity contribution in [2.45, 2.75) is 19.4 Å². The highest BCUT2D eigenvalue weighted by molar-refractivity contribution is 5.69. The van der Waals surface area contributed by atoms with Gasteiger partial charge in [-0.1, -0.05) is 36.4 Å². The van der Waals surface area contributed by atoms with E-state index in [1.54, 1.807) is 14.2 Å². The topological polar surface area (TPSA) is 18.5 Å². The molecule has 0 aromatic heterocycles. The standard InChI is InChI=1S/C17H20O2/c1-17(2,19-4)16-8-6-5-7-15(16)13-9-11-14(18-3)12-10-13/h5-12H,1-4H3. The van der Waals surface area contributed by atoms with E-state index in [1.807, 2.05) is 18.2 Å². The molecule has 0 saturated carbocycles. The highest BCUT2D eigenvalue weighted by Gasteiger charge is 2.22. The van der Waals surface area contributed by atoms with Gasteiger partial charge in [0, 0.05) is 7.11 Å². The highest BCUT2D eigenvalue weighted by atomic mass is 16.5. The third-order valence-electron chi connectivity index (χ3n) is 3.49. The first-order valence-corrected chi connectivity index (χ1v) is 6.37. The molecule has 0 amide bonds. The Kier molecular flexibility index (Phi) is 3.91. The smallest absolute Gasteiger partial charge is 0.118 e. The Balaban J connectivity index is 2.50. The van der Waals surface area contributed by atoms with Crippen molar-refractivity contribution in [1.29, 1.82) is 0 Å². The number of benzene rings is 2.